The van der Waals surface area contributed by atoms with Crippen LogP contribution in [0.5, 0.6) is 0 Å². The predicted octanol–water partition coefficient (Wildman–Crippen LogP) is 11.5. The molecule has 5 aromatic rings. The monoisotopic (exact) mass is 678 g/mol. The Labute approximate surface area is 310 Å². The van der Waals surface area contributed by atoms with E-state index in [-0.39, 0.29) is 16.7 Å². The van der Waals surface area contributed by atoms with E-state index in [4.69, 9.17) is 0 Å². The Bertz CT molecular complexity index is 2280. The van der Waals surface area contributed by atoms with Crippen LogP contribution in [0.15, 0.2) is 170 Å². The summed E-state index contributed by atoms with van der Waals surface area (Å²) in [5.74, 6) is 0.856. The van der Waals surface area contributed by atoms with Crippen LogP contribution in [-0.4, -0.2) is 0 Å². The van der Waals surface area contributed by atoms with Crippen LogP contribution < -0.4 is 20.2 Å². The standard InChI is InChI=1S/C50H50N2/c1-49(2,3)35-25-29-39(30-26-35)51(37-17-9-7-10-18-37)47-33-45-42-22-14-16-24-44(42)48(34-46(45)41-21-13-15-23-43(41)47)52(38-19-11-8-12-20-38)40-31-27-36(28-32-40)50(4,5)6/h7-33,41,43,46H,34H2,1-6H3. The van der Waals surface area contributed by atoms with Gasteiger partial charge in [0.2, 0.25) is 0 Å². The van der Waals surface area contributed by atoms with E-state index < -0.39 is 0 Å². The molecule has 3 unspecified atom stereocenters. The van der Waals surface area contributed by atoms with Gasteiger partial charge in [0, 0.05) is 45.3 Å². The lowest BCUT2D eigenvalue weighted by atomic mass is 9.66. The van der Waals surface area contributed by atoms with Crippen molar-refractivity contribution < 1.29 is 0 Å². The van der Waals surface area contributed by atoms with E-state index in [2.05, 4.69) is 215 Å². The van der Waals surface area contributed by atoms with Gasteiger partial charge in [0.15, 0.2) is 0 Å². The Morgan fingerprint density at radius 2 is 0.942 bits per heavy atom. The van der Waals surface area contributed by atoms with E-state index >= 15 is 0 Å². The molecule has 0 bridgehead atoms. The lowest BCUT2D eigenvalue weighted by molar-refractivity contribution is 0.400. The minimum absolute atomic E-state index is 0.0908. The summed E-state index contributed by atoms with van der Waals surface area (Å²) >= 11 is 0. The van der Waals surface area contributed by atoms with E-state index in [1.54, 1.807) is 0 Å². The van der Waals surface area contributed by atoms with Gasteiger partial charge in [0.1, 0.15) is 0 Å². The third kappa shape index (κ3) is 6.26. The van der Waals surface area contributed by atoms with Crippen molar-refractivity contribution >= 4 is 34.0 Å². The number of anilines is 4. The highest BCUT2D eigenvalue weighted by atomic mass is 15.2. The first kappa shape index (κ1) is 33.8. The average Bonchev–Trinajstić information content (AvgIpc) is 3.16. The van der Waals surface area contributed by atoms with Gasteiger partial charge in [0.05, 0.1) is 0 Å². The molecule has 0 amide bonds. The molecule has 0 saturated carbocycles. The second-order valence-corrected chi connectivity index (χ2v) is 16.6. The number of hydrogen-bond acceptors (Lipinski definition) is 2. The van der Waals surface area contributed by atoms with Gasteiger partial charge in [-0.05, 0) is 106 Å². The smallest absolute Gasteiger partial charge is 0.0458 e. The predicted molar refractivity (Wildman–Crippen MR) is 221 cm³/mol. The van der Waals surface area contributed by atoms with Crippen molar-refractivity contribution in [3.63, 3.8) is 0 Å². The van der Waals surface area contributed by atoms with Crippen molar-refractivity contribution in [2.75, 3.05) is 9.80 Å². The summed E-state index contributed by atoms with van der Waals surface area (Å²) in [5, 5.41) is 2.64. The Balaban J connectivity index is 1.36. The van der Waals surface area contributed by atoms with Gasteiger partial charge in [-0.15, -0.1) is 0 Å². The Morgan fingerprint density at radius 3 is 1.50 bits per heavy atom. The molecule has 2 nitrogen and oxygen atoms in total. The lowest BCUT2D eigenvalue weighted by Crippen LogP contribution is -2.45. The van der Waals surface area contributed by atoms with Crippen molar-refractivity contribution in [1.29, 1.82) is 0 Å². The first-order chi connectivity index (χ1) is 25.1. The highest BCUT2D eigenvalue weighted by Gasteiger charge is 2.41. The van der Waals surface area contributed by atoms with Gasteiger partial charge >= 0.3 is 0 Å². The van der Waals surface area contributed by atoms with E-state index in [0.29, 0.717) is 11.8 Å². The van der Waals surface area contributed by atoms with Gasteiger partial charge in [-0.3, -0.25) is 0 Å². The van der Waals surface area contributed by atoms with E-state index in [1.165, 1.54) is 61.3 Å². The SMILES string of the molecule is CC(C)(C)c1ccc(N(C2=CC3=c4ccccc4=C(N(c4ccccc4)c4ccc(C(C)(C)C)cc4)CC3C3C=CC=CC23)c2ccccc2)cc1. The molecular weight excluding hydrogens is 629 g/mol. The minimum atomic E-state index is 0.0908. The zero-order chi connectivity index (χ0) is 36.0. The van der Waals surface area contributed by atoms with E-state index in [1.807, 2.05) is 0 Å². The van der Waals surface area contributed by atoms with Gasteiger partial charge in [-0.2, -0.15) is 0 Å². The van der Waals surface area contributed by atoms with Crippen LogP contribution in [0.25, 0.3) is 11.3 Å². The molecule has 2 heteroatoms. The van der Waals surface area contributed by atoms with Crippen LogP contribution >= 0.6 is 0 Å². The lowest BCUT2D eigenvalue weighted by Gasteiger charge is -2.45. The fourth-order valence-electron chi connectivity index (χ4n) is 8.41. The Morgan fingerprint density at radius 1 is 0.481 bits per heavy atom. The van der Waals surface area contributed by atoms with Gasteiger partial charge in [-0.25, -0.2) is 0 Å². The number of fused-ring (bicyclic) bond motifs is 4. The molecule has 0 spiro atoms. The normalized spacial score (nSPS) is 19.3. The van der Waals surface area contributed by atoms with Gasteiger partial charge in [-0.1, -0.05) is 151 Å². The zero-order valence-electron chi connectivity index (χ0n) is 31.4. The first-order valence-electron chi connectivity index (χ1n) is 18.9. The van der Waals surface area contributed by atoms with Gasteiger partial charge < -0.3 is 9.80 Å². The molecule has 3 aliphatic carbocycles. The second kappa shape index (κ2) is 13.3. The summed E-state index contributed by atoms with van der Waals surface area (Å²) in [5.41, 5.74) is 11.7. The highest BCUT2D eigenvalue weighted by Crippen LogP contribution is 2.50. The number of rotatable bonds is 6. The molecule has 3 atom stereocenters. The Hall–Kier alpha value is -5.34. The number of nitrogens with zero attached hydrogens (tertiary/aromatic N) is 2. The number of benzene rings is 5. The third-order valence-corrected chi connectivity index (χ3v) is 11.2. The second-order valence-electron chi connectivity index (χ2n) is 16.6. The largest absolute Gasteiger partial charge is 0.314 e. The van der Waals surface area contributed by atoms with E-state index in [0.717, 1.165) is 6.42 Å². The molecule has 0 heterocycles. The molecule has 5 aromatic carbocycles. The molecule has 0 aromatic heterocycles. The third-order valence-electron chi connectivity index (χ3n) is 11.2. The maximum Gasteiger partial charge on any atom is 0.0458 e. The van der Waals surface area contributed by atoms with Crippen LogP contribution in [-0.2, 0) is 10.8 Å². The van der Waals surface area contributed by atoms with Crippen molar-refractivity contribution in [1.82, 2.24) is 0 Å². The zero-order valence-corrected chi connectivity index (χ0v) is 31.4. The van der Waals surface area contributed by atoms with Crippen LogP contribution in [0, 0.1) is 17.8 Å². The summed E-state index contributed by atoms with van der Waals surface area (Å²) in [7, 11) is 0. The number of para-hydroxylation sites is 2. The van der Waals surface area contributed by atoms with Crippen LogP contribution in [0.2, 0.25) is 0 Å². The minimum Gasteiger partial charge on any atom is -0.314 e. The molecule has 0 N–H and O–H groups in total. The molecule has 52 heavy (non-hydrogen) atoms. The fourth-order valence-corrected chi connectivity index (χ4v) is 8.41. The summed E-state index contributed by atoms with van der Waals surface area (Å²) in [6, 6.07) is 49.4. The molecule has 260 valence electrons. The molecule has 3 aliphatic rings. The average molecular weight is 679 g/mol. The van der Waals surface area contributed by atoms with Crippen molar-refractivity contribution in [2.45, 2.75) is 58.8 Å². The van der Waals surface area contributed by atoms with Crippen molar-refractivity contribution in [2.24, 2.45) is 17.8 Å². The fraction of sp³-hybridized carbons (Fsp3) is 0.240. The summed E-state index contributed by atoms with van der Waals surface area (Å²) in [6.07, 6.45) is 12.9. The van der Waals surface area contributed by atoms with Crippen LogP contribution in [0.4, 0.5) is 22.7 Å². The molecule has 0 aliphatic heterocycles. The quantitative estimate of drug-likeness (QED) is 0.176. The molecule has 0 saturated heterocycles. The van der Waals surface area contributed by atoms with E-state index in [9.17, 15) is 0 Å². The van der Waals surface area contributed by atoms with Crippen molar-refractivity contribution in [3.8, 4) is 0 Å². The van der Waals surface area contributed by atoms with Gasteiger partial charge in [0.25, 0.3) is 0 Å². The first-order valence-corrected chi connectivity index (χ1v) is 18.9. The highest BCUT2D eigenvalue weighted by molar-refractivity contribution is 5.84. The Kier molecular flexibility index (Phi) is 8.66. The van der Waals surface area contributed by atoms with Crippen LogP contribution in [0.1, 0.15) is 59.1 Å². The topological polar surface area (TPSA) is 6.48 Å². The van der Waals surface area contributed by atoms with Crippen LogP contribution in [0.3, 0.4) is 0 Å². The molecule has 0 fully saturated rings. The summed E-state index contributed by atoms with van der Waals surface area (Å²) in [4.78, 5) is 5.03. The number of hydrogen-bond donors (Lipinski definition) is 0. The maximum atomic E-state index is 2.54. The summed E-state index contributed by atoms with van der Waals surface area (Å²) in [6.45, 7) is 13.7. The molecular formula is C50H50N2. The van der Waals surface area contributed by atoms with Crippen molar-refractivity contribution in [3.05, 3.63) is 191 Å². The number of allylic oxidation sites excluding steroid dienone is 5. The summed E-state index contributed by atoms with van der Waals surface area (Å²) < 4.78 is 0. The molecule has 8 rings (SSSR count). The maximum absolute atomic E-state index is 2.54. The molecule has 0 radical (unpaired) electrons.